The smallest absolute Gasteiger partial charge is 0.462 e. The van der Waals surface area contributed by atoms with Gasteiger partial charge in [0.15, 0.2) is 6.10 Å². The van der Waals surface area contributed by atoms with Crippen molar-refractivity contribution in [1.82, 2.24) is 0 Å². The minimum atomic E-state index is -4.39. The first-order valence-corrected chi connectivity index (χ1v) is 44.8. The van der Waals surface area contributed by atoms with Crippen molar-refractivity contribution in [2.45, 2.75) is 489 Å². The van der Waals surface area contributed by atoms with Crippen LogP contribution in [0.4, 0.5) is 0 Å². The van der Waals surface area contributed by atoms with Crippen LogP contribution in [-0.4, -0.2) is 49.3 Å². The normalized spacial score (nSPS) is 12.8. The lowest BCUT2D eigenvalue weighted by molar-refractivity contribution is -0.161. The van der Waals surface area contributed by atoms with Crippen LogP contribution < -0.4 is 5.73 Å². The summed E-state index contributed by atoms with van der Waals surface area (Å²) in [6, 6.07) is 0. The first-order chi connectivity index (χ1) is 47.3. The van der Waals surface area contributed by atoms with Gasteiger partial charge in [-0.1, -0.05) is 449 Å². The van der Waals surface area contributed by atoms with Crippen LogP contribution >= 0.6 is 7.82 Å². The molecule has 9 nitrogen and oxygen atoms in total. The second-order valence-corrected chi connectivity index (χ2v) is 31.2. The lowest BCUT2D eigenvalue weighted by atomic mass is 10.0. The van der Waals surface area contributed by atoms with Gasteiger partial charge in [0.2, 0.25) is 0 Å². The molecule has 0 amide bonds. The number of esters is 2. The summed E-state index contributed by atoms with van der Waals surface area (Å²) in [6.45, 7) is 3.84. The highest BCUT2D eigenvalue weighted by atomic mass is 31.2. The summed E-state index contributed by atoms with van der Waals surface area (Å²) in [4.78, 5) is 35.5. The van der Waals surface area contributed by atoms with E-state index in [-0.39, 0.29) is 38.6 Å². The van der Waals surface area contributed by atoms with E-state index in [4.69, 9.17) is 24.3 Å². The fourth-order valence-electron chi connectivity index (χ4n) is 13.7. The molecule has 96 heavy (non-hydrogen) atoms. The minimum absolute atomic E-state index is 0.0577. The molecule has 0 aromatic rings. The Morgan fingerprint density at radius 2 is 0.542 bits per heavy atom. The van der Waals surface area contributed by atoms with Crippen molar-refractivity contribution in [3.05, 3.63) is 24.3 Å². The Balaban J connectivity index is 3.70. The molecule has 0 aliphatic carbocycles. The van der Waals surface area contributed by atoms with Gasteiger partial charge in [-0.2, -0.15) is 0 Å². The largest absolute Gasteiger partial charge is 0.472 e. The van der Waals surface area contributed by atoms with Gasteiger partial charge < -0.3 is 20.1 Å². The van der Waals surface area contributed by atoms with Crippen LogP contribution in [0.3, 0.4) is 0 Å². The number of phosphoric ester groups is 1. The lowest BCUT2D eigenvalue weighted by Crippen LogP contribution is -2.29. The Morgan fingerprint density at radius 1 is 0.312 bits per heavy atom. The number of unbranched alkanes of at least 4 members (excludes halogenated alkanes) is 67. The first kappa shape index (κ1) is 94.5. The highest BCUT2D eigenvalue weighted by molar-refractivity contribution is 7.47. The summed E-state index contributed by atoms with van der Waals surface area (Å²) >= 11 is 0. The van der Waals surface area contributed by atoms with Gasteiger partial charge in [-0.3, -0.25) is 18.6 Å². The summed E-state index contributed by atoms with van der Waals surface area (Å²) in [7, 11) is -4.39. The van der Waals surface area contributed by atoms with Crippen molar-refractivity contribution >= 4 is 19.8 Å². The van der Waals surface area contributed by atoms with E-state index in [0.717, 1.165) is 38.5 Å². The zero-order valence-corrected chi connectivity index (χ0v) is 65.6. The molecule has 0 aromatic heterocycles. The predicted molar refractivity (Wildman–Crippen MR) is 418 cm³/mol. The maximum atomic E-state index is 12.8. The molecule has 2 unspecified atom stereocenters. The Hall–Kier alpha value is -1.51. The summed E-state index contributed by atoms with van der Waals surface area (Å²) in [5.74, 6) is -0.796. The summed E-state index contributed by atoms with van der Waals surface area (Å²) in [5.41, 5.74) is 5.42. The third-order valence-corrected chi connectivity index (χ3v) is 21.1. The van der Waals surface area contributed by atoms with E-state index in [1.54, 1.807) is 0 Å². The summed E-state index contributed by atoms with van der Waals surface area (Å²) in [5, 5.41) is 0. The molecule has 0 bridgehead atoms. The van der Waals surface area contributed by atoms with E-state index in [1.165, 1.54) is 411 Å². The number of phosphoric acid groups is 1. The molecular weight excluding hydrogens is 1210 g/mol. The molecule has 570 valence electrons. The Kier molecular flexibility index (Phi) is 81.1. The molecule has 0 fully saturated rings. The first-order valence-electron chi connectivity index (χ1n) is 43.3. The van der Waals surface area contributed by atoms with E-state index in [1.807, 2.05) is 0 Å². The van der Waals surface area contributed by atoms with Crippen LogP contribution in [-0.2, 0) is 32.7 Å². The molecule has 0 rings (SSSR count). The molecule has 0 aliphatic rings. The summed E-state index contributed by atoms with van der Waals surface area (Å²) < 4.78 is 33.3. The van der Waals surface area contributed by atoms with E-state index < -0.39 is 26.5 Å². The average Bonchev–Trinajstić information content (AvgIpc) is 1.90. The van der Waals surface area contributed by atoms with Crippen LogP contribution in [0, 0.1) is 0 Å². The van der Waals surface area contributed by atoms with Crippen molar-refractivity contribution in [2.75, 3.05) is 26.4 Å². The van der Waals surface area contributed by atoms with Crippen LogP contribution in [0.2, 0.25) is 0 Å². The van der Waals surface area contributed by atoms with Crippen LogP contribution in [0.1, 0.15) is 483 Å². The Bertz CT molecular complexity index is 1620. The highest BCUT2D eigenvalue weighted by Crippen LogP contribution is 2.43. The maximum Gasteiger partial charge on any atom is 0.472 e. The van der Waals surface area contributed by atoms with Gasteiger partial charge in [0.1, 0.15) is 6.61 Å². The number of nitrogens with two attached hydrogens (primary N) is 1. The van der Waals surface area contributed by atoms with E-state index in [9.17, 15) is 19.0 Å². The van der Waals surface area contributed by atoms with Crippen molar-refractivity contribution in [3.63, 3.8) is 0 Å². The number of carbonyl (C=O) groups is 2. The number of hydrogen-bond donors (Lipinski definition) is 2. The van der Waals surface area contributed by atoms with Crippen molar-refractivity contribution < 1.29 is 37.6 Å². The Morgan fingerprint density at radius 3 is 0.792 bits per heavy atom. The topological polar surface area (TPSA) is 134 Å². The molecule has 0 aromatic carbocycles. The van der Waals surface area contributed by atoms with Crippen molar-refractivity contribution in [1.29, 1.82) is 0 Å². The molecule has 0 radical (unpaired) electrons. The average molecular weight is 1380 g/mol. The quantitative estimate of drug-likeness (QED) is 0.0264. The summed E-state index contributed by atoms with van der Waals surface area (Å²) in [6.07, 6.45) is 105. The van der Waals surface area contributed by atoms with Crippen LogP contribution in [0.25, 0.3) is 0 Å². The number of rotatable bonds is 84. The second-order valence-electron chi connectivity index (χ2n) is 29.8. The molecule has 0 aliphatic heterocycles. The minimum Gasteiger partial charge on any atom is -0.462 e. The number of hydrogen-bond acceptors (Lipinski definition) is 8. The van der Waals surface area contributed by atoms with Gasteiger partial charge in [-0.15, -0.1) is 0 Å². The van der Waals surface area contributed by atoms with E-state index in [2.05, 4.69) is 38.2 Å². The molecule has 0 spiro atoms. The molecule has 0 saturated heterocycles. The van der Waals surface area contributed by atoms with Gasteiger partial charge in [-0.25, -0.2) is 4.57 Å². The predicted octanol–water partition coefficient (Wildman–Crippen LogP) is 29.2. The third kappa shape index (κ3) is 81.5. The number of allylic oxidation sites excluding steroid dienone is 4. The standard InChI is InChI=1S/C86H168NO8P/c1-3-5-7-9-11-13-15-17-19-21-23-25-27-29-31-33-35-37-39-41-43-44-46-48-50-52-54-56-58-60-62-64-66-68-70-72-74-76-78-85(88)92-82-84(83-94-96(90,91)93-81-80-87)95-86(89)79-77-75-73-71-69-67-65-63-61-59-57-55-53-51-49-47-45-42-40-38-36-34-32-30-28-26-24-22-20-18-16-14-12-10-8-6-4-2/h16,18,22,24,84H,3-15,17,19-21,23,25-83,87H2,1-2H3,(H,90,91)/b18-16-,24-22-. The molecular formula is C86H168NO8P. The molecule has 0 heterocycles. The van der Waals surface area contributed by atoms with Gasteiger partial charge in [-0.05, 0) is 44.9 Å². The van der Waals surface area contributed by atoms with Crippen molar-refractivity contribution in [2.24, 2.45) is 5.73 Å². The highest BCUT2D eigenvalue weighted by Gasteiger charge is 2.26. The van der Waals surface area contributed by atoms with Crippen molar-refractivity contribution in [3.8, 4) is 0 Å². The second kappa shape index (κ2) is 82.4. The zero-order chi connectivity index (χ0) is 69.3. The van der Waals surface area contributed by atoms with Crippen LogP contribution in [0.15, 0.2) is 24.3 Å². The Labute approximate surface area is 599 Å². The molecule has 3 N–H and O–H groups in total. The zero-order valence-electron chi connectivity index (χ0n) is 64.7. The lowest BCUT2D eigenvalue weighted by Gasteiger charge is -2.19. The number of carbonyl (C=O) groups excluding carboxylic acids is 2. The van der Waals surface area contributed by atoms with Gasteiger partial charge in [0.25, 0.3) is 0 Å². The van der Waals surface area contributed by atoms with E-state index >= 15 is 0 Å². The number of ether oxygens (including phenoxy) is 2. The van der Waals surface area contributed by atoms with Gasteiger partial charge in [0.05, 0.1) is 13.2 Å². The fourth-order valence-corrected chi connectivity index (χ4v) is 14.4. The van der Waals surface area contributed by atoms with Gasteiger partial charge >= 0.3 is 19.8 Å². The molecule has 10 heteroatoms. The SMILES string of the molecule is CCCCCCC/C=C\C/C=C\CCCCCCCCCCCCCCCCCCCCCCCCCCCC(=O)OC(COC(=O)CCCCCCCCCCCCCCCCCCCCCCCCCCCCCCCCCCCCCCCC)COP(=O)(O)OCCN. The monoisotopic (exact) mass is 1370 g/mol. The van der Waals surface area contributed by atoms with E-state index in [0.29, 0.717) is 6.42 Å². The van der Waals surface area contributed by atoms with Crippen LogP contribution in [0.5, 0.6) is 0 Å². The maximum absolute atomic E-state index is 12.8. The molecule has 0 saturated carbocycles. The third-order valence-electron chi connectivity index (χ3n) is 20.1. The molecule has 2 atom stereocenters. The van der Waals surface area contributed by atoms with Gasteiger partial charge in [0, 0.05) is 19.4 Å². The fraction of sp³-hybridized carbons (Fsp3) is 0.930.